The molecule has 0 spiro atoms. The number of nitrogens with zero attached hydrogens (tertiary/aromatic N) is 1. The smallest absolute Gasteiger partial charge is 0.310 e. The van der Waals surface area contributed by atoms with Crippen molar-refractivity contribution in [2.45, 2.75) is 37.3 Å². The largest absolute Gasteiger partial charge is 0.469 e. The summed E-state index contributed by atoms with van der Waals surface area (Å²) >= 11 is 0. The van der Waals surface area contributed by atoms with Crippen molar-refractivity contribution in [1.29, 1.82) is 0 Å². The molecular formula is C22H25NO2. The molecule has 0 aliphatic carbocycles. The van der Waals surface area contributed by atoms with Crippen LogP contribution in [0.4, 0.5) is 0 Å². The van der Waals surface area contributed by atoms with Crippen LogP contribution in [0.5, 0.6) is 0 Å². The summed E-state index contributed by atoms with van der Waals surface area (Å²) in [5.74, 6) is 0.136. The Kier molecular flexibility index (Phi) is 4.34. The second-order valence-corrected chi connectivity index (χ2v) is 7.34. The third kappa shape index (κ3) is 2.87. The molecule has 4 rings (SSSR count). The number of benzene rings is 2. The molecule has 0 N–H and O–H groups in total. The fourth-order valence-electron chi connectivity index (χ4n) is 4.82. The minimum atomic E-state index is -0.0608. The van der Waals surface area contributed by atoms with Crippen LogP contribution in [-0.4, -0.2) is 37.1 Å². The molecule has 3 nitrogen and oxygen atoms in total. The van der Waals surface area contributed by atoms with Crippen molar-refractivity contribution in [3.8, 4) is 11.1 Å². The predicted molar refractivity (Wildman–Crippen MR) is 99.3 cm³/mol. The van der Waals surface area contributed by atoms with Gasteiger partial charge in [0.05, 0.1) is 13.0 Å². The van der Waals surface area contributed by atoms with Gasteiger partial charge in [0.1, 0.15) is 0 Å². The van der Waals surface area contributed by atoms with Crippen molar-refractivity contribution in [1.82, 2.24) is 4.90 Å². The average molecular weight is 335 g/mol. The molecule has 25 heavy (non-hydrogen) atoms. The number of methoxy groups -OCH3 is 1. The van der Waals surface area contributed by atoms with Gasteiger partial charge in [-0.15, -0.1) is 0 Å². The Bertz CT molecular complexity index is 740. The fourth-order valence-corrected chi connectivity index (χ4v) is 4.82. The average Bonchev–Trinajstić information content (AvgIpc) is 2.90. The topological polar surface area (TPSA) is 29.5 Å². The lowest BCUT2D eigenvalue weighted by Gasteiger charge is -2.41. The highest BCUT2D eigenvalue weighted by Gasteiger charge is 2.49. The SMILES string of the molecule is COC(=O)[C@H]1[C@@H](c2ccc(-c3ccccc3)cc2)CC2CC[C@H]1N2C. The number of carbonyl (C=O) groups excluding carboxylic acids is 1. The molecule has 2 heterocycles. The molecule has 130 valence electrons. The predicted octanol–water partition coefficient (Wildman–Crippen LogP) is 4.09. The van der Waals surface area contributed by atoms with E-state index in [1.165, 1.54) is 30.2 Å². The summed E-state index contributed by atoms with van der Waals surface area (Å²) in [5.41, 5.74) is 3.71. The first-order chi connectivity index (χ1) is 12.2. The van der Waals surface area contributed by atoms with E-state index >= 15 is 0 Å². The second-order valence-electron chi connectivity index (χ2n) is 7.34. The molecule has 4 atom stereocenters. The first kappa shape index (κ1) is 16.3. The van der Waals surface area contributed by atoms with Gasteiger partial charge in [-0.1, -0.05) is 54.6 Å². The zero-order valence-electron chi connectivity index (χ0n) is 14.9. The van der Waals surface area contributed by atoms with E-state index in [2.05, 4.69) is 60.5 Å². The van der Waals surface area contributed by atoms with Crippen molar-refractivity contribution in [2.24, 2.45) is 5.92 Å². The summed E-state index contributed by atoms with van der Waals surface area (Å²) in [6.45, 7) is 0. The molecule has 2 aliphatic heterocycles. The minimum absolute atomic E-state index is 0.0590. The molecule has 0 radical (unpaired) electrons. The van der Waals surface area contributed by atoms with Crippen molar-refractivity contribution < 1.29 is 9.53 Å². The summed E-state index contributed by atoms with van der Waals surface area (Å²) in [5, 5.41) is 0. The molecule has 1 unspecified atom stereocenters. The summed E-state index contributed by atoms with van der Waals surface area (Å²) in [6.07, 6.45) is 3.32. The lowest BCUT2D eigenvalue weighted by atomic mass is 9.76. The van der Waals surface area contributed by atoms with Crippen molar-refractivity contribution in [3.63, 3.8) is 0 Å². The first-order valence-corrected chi connectivity index (χ1v) is 9.14. The monoisotopic (exact) mass is 335 g/mol. The zero-order valence-corrected chi connectivity index (χ0v) is 14.9. The van der Waals surface area contributed by atoms with Crippen LogP contribution in [-0.2, 0) is 9.53 Å². The van der Waals surface area contributed by atoms with Gasteiger partial charge in [0.2, 0.25) is 0 Å². The van der Waals surface area contributed by atoms with E-state index in [9.17, 15) is 4.79 Å². The highest BCUT2D eigenvalue weighted by Crippen LogP contribution is 2.46. The Morgan fingerprint density at radius 1 is 1.00 bits per heavy atom. The van der Waals surface area contributed by atoms with Crippen molar-refractivity contribution in [3.05, 3.63) is 60.2 Å². The summed E-state index contributed by atoms with van der Waals surface area (Å²) in [4.78, 5) is 14.9. The first-order valence-electron chi connectivity index (χ1n) is 9.14. The number of ether oxygens (including phenoxy) is 1. The number of carbonyl (C=O) groups is 1. The number of rotatable bonds is 3. The third-order valence-corrected chi connectivity index (χ3v) is 6.19. The lowest BCUT2D eigenvalue weighted by Crippen LogP contribution is -2.49. The fraction of sp³-hybridized carbons (Fsp3) is 0.409. The number of hydrogen-bond acceptors (Lipinski definition) is 3. The highest BCUT2D eigenvalue weighted by molar-refractivity contribution is 5.75. The molecule has 2 saturated heterocycles. The normalized spacial score (nSPS) is 28.7. The standard InChI is InChI=1S/C22H25NO2/c1-23-18-12-13-20(23)21(22(24)25-2)19(14-18)17-10-8-16(9-11-17)15-6-4-3-5-7-15/h3-11,18-21H,12-14H2,1-2H3/t18?,19-,20-,21+/m1/s1. The Morgan fingerprint density at radius 2 is 1.68 bits per heavy atom. The Morgan fingerprint density at radius 3 is 2.36 bits per heavy atom. The summed E-state index contributed by atoms with van der Waals surface area (Å²) in [7, 11) is 3.67. The second kappa shape index (κ2) is 6.64. The molecule has 2 bridgehead atoms. The van der Waals surface area contributed by atoms with E-state index in [4.69, 9.17) is 4.74 Å². The maximum absolute atomic E-state index is 12.5. The van der Waals surface area contributed by atoms with E-state index in [1.54, 1.807) is 0 Å². The van der Waals surface area contributed by atoms with Gasteiger partial charge >= 0.3 is 5.97 Å². The Balaban J connectivity index is 1.64. The molecule has 0 aromatic heterocycles. The molecular weight excluding hydrogens is 310 g/mol. The zero-order chi connectivity index (χ0) is 17.4. The molecule has 3 heteroatoms. The van der Waals surface area contributed by atoms with Crippen LogP contribution in [0.1, 0.15) is 30.7 Å². The molecule has 0 amide bonds. The van der Waals surface area contributed by atoms with Gasteiger partial charge in [0.15, 0.2) is 0 Å². The van der Waals surface area contributed by atoms with Crippen molar-refractivity contribution >= 4 is 5.97 Å². The third-order valence-electron chi connectivity index (χ3n) is 6.19. The van der Waals surface area contributed by atoms with Crippen LogP contribution in [0.2, 0.25) is 0 Å². The van der Waals surface area contributed by atoms with Gasteiger partial charge in [-0.2, -0.15) is 0 Å². The van der Waals surface area contributed by atoms with Gasteiger partial charge in [0.25, 0.3) is 0 Å². The Labute approximate surface area is 149 Å². The number of fused-ring (bicyclic) bond motifs is 2. The minimum Gasteiger partial charge on any atom is -0.469 e. The van der Waals surface area contributed by atoms with Crippen molar-refractivity contribution in [2.75, 3.05) is 14.2 Å². The molecule has 2 aromatic rings. The van der Waals surface area contributed by atoms with E-state index < -0.39 is 0 Å². The van der Waals surface area contributed by atoms with E-state index in [0.29, 0.717) is 12.1 Å². The molecule has 2 aliphatic rings. The maximum Gasteiger partial charge on any atom is 0.310 e. The van der Waals surface area contributed by atoms with E-state index in [0.717, 1.165) is 12.8 Å². The van der Waals surface area contributed by atoms with Crippen LogP contribution in [0.25, 0.3) is 11.1 Å². The number of hydrogen-bond donors (Lipinski definition) is 0. The van der Waals surface area contributed by atoms with Gasteiger partial charge in [-0.25, -0.2) is 0 Å². The van der Waals surface area contributed by atoms with Gasteiger partial charge < -0.3 is 4.74 Å². The number of esters is 1. The van der Waals surface area contributed by atoms with Gasteiger partial charge in [0, 0.05) is 18.0 Å². The summed E-state index contributed by atoms with van der Waals surface area (Å²) in [6, 6.07) is 20.1. The molecule has 0 saturated carbocycles. The number of piperidine rings is 1. The maximum atomic E-state index is 12.5. The van der Waals surface area contributed by atoms with Gasteiger partial charge in [-0.05, 0) is 43.0 Å². The van der Waals surface area contributed by atoms with Crippen LogP contribution < -0.4 is 0 Å². The quantitative estimate of drug-likeness (QED) is 0.791. The molecule has 2 aromatic carbocycles. The van der Waals surface area contributed by atoms with Crippen LogP contribution in [0.3, 0.4) is 0 Å². The Hall–Kier alpha value is -2.13. The van der Waals surface area contributed by atoms with E-state index in [1.807, 2.05) is 6.07 Å². The van der Waals surface area contributed by atoms with E-state index in [-0.39, 0.29) is 17.8 Å². The summed E-state index contributed by atoms with van der Waals surface area (Å²) < 4.78 is 5.17. The van der Waals surface area contributed by atoms with Crippen LogP contribution in [0, 0.1) is 5.92 Å². The highest BCUT2D eigenvalue weighted by atomic mass is 16.5. The van der Waals surface area contributed by atoms with Gasteiger partial charge in [-0.3, -0.25) is 9.69 Å². The van der Waals surface area contributed by atoms with Crippen LogP contribution in [0.15, 0.2) is 54.6 Å². The van der Waals surface area contributed by atoms with Crippen LogP contribution >= 0.6 is 0 Å². The lowest BCUT2D eigenvalue weighted by molar-refractivity contribution is -0.150. The molecule has 2 fully saturated rings.